The highest BCUT2D eigenvalue weighted by Gasteiger charge is 2.22. The number of nitro benzene ring substituents is 1. The summed E-state index contributed by atoms with van der Waals surface area (Å²) in [6.07, 6.45) is 3.14. The third-order valence-electron chi connectivity index (χ3n) is 5.11. The van der Waals surface area contributed by atoms with E-state index in [1.54, 1.807) is 12.3 Å². The molecule has 0 saturated carbocycles. The summed E-state index contributed by atoms with van der Waals surface area (Å²) in [5.41, 5.74) is 4.33. The van der Waals surface area contributed by atoms with Gasteiger partial charge in [-0.2, -0.15) is 5.10 Å². The number of hydrogen-bond acceptors (Lipinski definition) is 6. The Bertz CT molecular complexity index is 1490. The van der Waals surface area contributed by atoms with Crippen LogP contribution in [-0.2, 0) is 0 Å². The number of nitro groups is 1. The van der Waals surface area contributed by atoms with Crippen molar-refractivity contribution in [2.75, 3.05) is 0 Å². The van der Waals surface area contributed by atoms with Crippen LogP contribution in [0, 0.1) is 17.0 Å². The molecule has 0 aliphatic carbocycles. The van der Waals surface area contributed by atoms with Gasteiger partial charge in [-0.3, -0.25) is 15.1 Å². The number of aryl methyl sites for hydroxylation is 1. The molecule has 5 rings (SSSR count). The normalized spacial score (nSPS) is 11.2. The largest absolute Gasteiger partial charge is 0.298 e. The van der Waals surface area contributed by atoms with Gasteiger partial charge < -0.3 is 0 Å². The Hall–Kier alpha value is -3.97. The number of nitrogens with zero attached hydrogens (tertiary/aromatic N) is 5. The van der Waals surface area contributed by atoms with Crippen LogP contribution < -0.4 is 0 Å². The molecular formula is C23H14ClN5O2. The van der Waals surface area contributed by atoms with E-state index in [0.29, 0.717) is 38.3 Å². The van der Waals surface area contributed by atoms with Crippen molar-refractivity contribution in [1.29, 1.82) is 0 Å². The molecule has 0 aliphatic heterocycles. The van der Waals surface area contributed by atoms with E-state index in [0.717, 1.165) is 11.1 Å². The van der Waals surface area contributed by atoms with Gasteiger partial charge in [-0.25, -0.2) is 4.98 Å². The lowest BCUT2D eigenvalue weighted by Crippen LogP contribution is -1.92. The van der Waals surface area contributed by atoms with Gasteiger partial charge in [0.05, 0.1) is 39.6 Å². The van der Waals surface area contributed by atoms with Crippen LogP contribution in [0.3, 0.4) is 0 Å². The van der Waals surface area contributed by atoms with Gasteiger partial charge in [-0.1, -0.05) is 59.6 Å². The van der Waals surface area contributed by atoms with Crippen LogP contribution in [0.5, 0.6) is 0 Å². The zero-order valence-corrected chi connectivity index (χ0v) is 17.0. The molecule has 0 N–H and O–H groups in total. The molecule has 0 saturated heterocycles. The summed E-state index contributed by atoms with van der Waals surface area (Å²) >= 11 is 6.50. The van der Waals surface area contributed by atoms with E-state index in [-0.39, 0.29) is 11.2 Å². The minimum atomic E-state index is -0.472. The van der Waals surface area contributed by atoms with Gasteiger partial charge in [0.25, 0.3) is 5.69 Å². The summed E-state index contributed by atoms with van der Waals surface area (Å²) < 4.78 is 0. The van der Waals surface area contributed by atoms with Crippen LogP contribution in [0.4, 0.5) is 5.69 Å². The highest BCUT2D eigenvalue weighted by Crippen LogP contribution is 2.37. The minimum absolute atomic E-state index is 0.153. The van der Waals surface area contributed by atoms with E-state index in [9.17, 15) is 10.1 Å². The number of rotatable bonds is 3. The van der Waals surface area contributed by atoms with Gasteiger partial charge in [0.2, 0.25) is 0 Å². The Morgan fingerprint density at radius 3 is 2.48 bits per heavy atom. The molecular weight excluding hydrogens is 414 g/mol. The lowest BCUT2D eigenvalue weighted by atomic mass is 10.0. The number of benzene rings is 3. The Balaban J connectivity index is 1.96. The van der Waals surface area contributed by atoms with Crippen molar-refractivity contribution >= 4 is 39.1 Å². The molecule has 31 heavy (non-hydrogen) atoms. The van der Waals surface area contributed by atoms with Crippen molar-refractivity contribution in [2.24, 2.45) is 0 Å². The van der Waals surface area contributed by atoms with Crippen molar-refractivity contribution in [3.05, 3.63) is 87.7 Å². The summed E-state index contributed by atoms with van der Waals surface area (Å²) in [5.74, 6) is 0. The molecule has 0 fully saturated rings. The molecule has 0 spiro atoms. The van der Waals surface area contributed by atoms with Crippen molar-refractivity contribution in [1.82, 2.24) is 20.2 Å². The van der Waals surface area contributed by atoms with Crippen molar-refractivity contribution in [3.63, 3.8) is 0 Å². The van der Waals surface area contributed by atoms with Gasteiger partial charge in [-0.05, 0) is 13.0 Å². The standard InChI is InChI=1S/C23H14ClN5O2/c1-13-6-8-14(9-7-13)19-12-25-21-16(22(27-19)15-4-2-3-5-18(15)24)10-20(29(30)31)23-17(21)11-26-28-23/h2-12H,1H3. The first-order valence-electron chi connectivity index (χ1n) is 9.44. The Labute approximate surface area is 181 Å². The molecule has 0 aliphatic rings. The second-order valence-corrected chi connectivity index (χ2v) is 7.51. The number of non-ortho nitro benzene ring substituents is 1. The zero-order valence-electron chi connectivity index (χ0n) is 16.3. The number of aromatic nitrogens is 4. The average Bonchev–Trinajstić information content (AvgIpc) is 3.17. The van der Waals surface area contributed by atoms with Gasteiger partial charge in [0, 0.05) is 27.6 Å². The first kappa shape index (κ1) is 19.0. The Morgan fingerprint density at radius 2 is 1.74 bits per heavy atom. The molecule has 5 aromatic rings. The van der Waals surface area contributed by atoms with Crippen LogP contribution in [-0.4, -0.2) is 25.1 Å². The summed E-state index contributed by atoms with van der Waals surface area (Å²) in [4.78, 5) is 20.8. The molecule has 150 valence electrons. The minimum Gasteiger partial charge on any atom is -0.258 e. The van der Waals surface area contributed by atoms with Gasteiger partial charge >= 0.3 is 0 Å². The molecule has 2 heterocycles. The fourth-order valence-electron chi connectivity index (χ4n) is 3.56. The van der Waals surface area contributed by atoms with Crippen LogP contribution in [0.2, 0.25) is 5.02 Å². The molecule has 3 aromatic carbocycles. The summed E-state index contributed by atoms with van der Waals surface area (Å²) in [7, 11) is 0. The highest BCUT2D eigenvalue weighted by molar-refractivity contribution is 6.33. The zero-order chi connectivity index (χ0) is 21.5. The average molecular weight is 428 g/mol. The number of halogens is 1. The van der Waals surface area contributed by atoms with Crippen LogP contribution in [0.15, 0.2) is 67.0 Å². The second kappa shape index (κ2) is 7.37. The van der Waals surface area contributed by atoms with Gasteiger partial charge in [-0.15, -0.1) is 5.10 Å². The fourth-order valence-corrected chi connectivity index (χ4v) is 3.78. The maximum atomic E-state index is 11.7. The Kier molecular flexibility index (Phi) is 4.52. The fraction of sp³-hybridized carbons (Fsp3) is 0.0435. The topological polar surface area (TPSA) is 94.7 Å². The number of fused-ring (bicyclic) bond motifs is 3. The summed E-state index contributed by atoms with van der Waals surface area (Å²) in [5, 5.41) is 21.0. The smallest absolute Gasteiger partial charge is 0.258 e. The van der Waals surface area contributed by atoms with Crippen molar-refractivity contribution in [3.8, 4) is 22.5 Å². The van der Waals surface area contributed by atoms with Gasteiger partial charge in [0.15, 0.2) is 5.52 Å². The second-order valence-electron chi connectivity index (χ2n) is 7.11. The predicted molar refractivity (Wildman–Crippen MR) is 120 cm³/mol. The van der Waals surface area contributed by atoms with E-state index in [1.165, 1.54) is 12.3 Å². The lowest BCUT2D eigenvalue weighted by Gasteiger charge is -2.06. The van der Waals surface area contributed by atoms with E-state index in [2.05, 4.69) is 15.2 Å². The maximum absolute atomic E-state index is 11.7. The quantitative estimate of drug-likeness (QED) is 0.267. The molecule has 0 unspecified atom stereocenters. The summed E-state index contributed by atoms with van der Waals surface area (Å²) in [6, 6.07) is 16.6. The maximum Gasteiger partial charge on any atom is 0.298 e. The van der Waals surface area contributed by atoms with Crippen LogP contribution in [0.1, 0.15) is 5.56 Å². The van der Waals surface area contributed by atoms with Gasteiger partial charge in [0.1, 0.15) is 0 Å². The van der Waals surface area contributed by atoms with Crippen molar-refractivity contribution < 1.29 is 4.92 Å². The molecule has 0 bridgehead atoms. The van der Waals surface area contributed by atoms with E-state index in [4.69, 9.17) is 16.6 Å². The molecule has 0 atom stereocenters. The van der Waals surface area contributed by atoms with E-state index < -0.39 is 4.92 Å². The molecule has 2 aromatic heterocycles. The third kappa shape index (κ3) is 3.25. The molecule has 0 radical (unpaired) electrons. The first-order valence-corrected chi connectivity index (χ1v) is 9.82. The van der Waals surface area contributed by atoms with E-state index >= 15 is 0 Å². The summed E-state index contributed by atoms with van der Waals surface area (Å²) in [6.45, 7) is 2.01. The van der Waals surface area contributed by atoms with Crippen LogP contribution in [0.25, 0.3) is 44.3 Å². The van der Waals surface area contributed by atoms with Crippen molar-refractivity contribution in [2.45, 2.75) is 6.92 Å². The molecule has 8 heteroatoms. The highest BCUT2D eigenvalue weighted by atomic mass is 35.5. The first-order chi connectivity index (χ1) is 15.0. The SMILES string of the molecule is Cc1ccc(-c2cnc3c(cc([N+](=O)[O-])c4nncc43)c(-c3ccccc3Cl)n2)cc1. The monoisotopic (exact) mass is 427 g/mol. The molecule has 7 nitrogen and oxygen atoms in total. The third-order valence-corrected chi connectivity index (χ3v) is 5.44. The number of hydrogen-bond donors (Lipinski definition) is 0. The Morgan fingerprint density at radius 1 is 0.968 bits per heavy atom. The van der Waals surface area contributed by atoms with Crippen LogP contribution >= 0.6 is 11.6 Å². The lowest BCUT2D eigenvalue weighted by molar-refractivity contribution is -0.383. The van der Waals surface area contributed by atoms with E-state index in [1.807, 2.05) is 49.4 Å². The predicted octanol–water partition coefficient (Wildman–Crippen LogP) is 5.78. The molecule has 0 amide bonds.